The molecule has 1 aliphatic heterocycles. The van der Waals surface area contributed by atoms with Gasteiger partial charge in [0, 0.05) is 40.6 Å². The lowest BCUT2D eigenvalue weighted by atomic mass is 10.0. The molecule has 0 saturated carbocycles. The maximum absolute atomic E-state index is 13.4. The Labute approximate surface area is 181 Å². The highest BCUT2D eigenvalue weighted by Gasteiger charge is 2.27. The van der Waals surface area contributed by atoms with Crippen LogP contribution in [0.4, 0.5) is 11.4 Å². The summed E-state index contributed by atoms with van der Waals surface area (Å²) in [5.41, 5.74) is 3.68. The minimum Gasteiger partial charge on any atom is -0.354 e. The van der Waals surface area contributed by atoms with Crippen molar-refractivity contribution in [3.05, 3.63) is 58.9 Å². The number of hydrogen-bond donors (Lipinski definition) is 1. The molecule has 4 rings (SSSR count). The first-order valence-corrected chi connectivity index (χ1v) is 10.0. The number of carbonyl (C=O) groups is 1. The SMILES string of the molecule is Cc1ccc2c(Nc3ccc(Cl)cc3)c(C(=O)N3CCCCC3C)cnc2n1.Cl. The predicted octanol–water partition coefficient (Wildman–Crippen LogP) is 5.77. The average Bonchev–Trinajstić information content (AvgIpc) is 2.69. The minimum atomic E-state index is 0. The van der Waals surface area contributed by atoms with Gasteiger partial charge in [-0.2, -0.15) is 0 Å². The Hall–Kier alpha value is -2.37. The van der Waals surface area contributed by atoms with Crippen LogP contribution in [0, 0.1) is 6.92 Å². The minimum absolute atomic E-state index is 0. The first-order chi connectivity index (χ1) is 13.5. The molecule has 0 radical (unpaired) electrons. The third-order valence-corrected chi connectivity index (χ3v) is 5.53. The lowest BCUT2D eigenvalue weighted by Crippen LogP contribution is -2.42. The molecule has 1 amide bonds. The predicted molar refractivity (Wildman–Crippen MR) is 121 cm³/mol. The number of fused-ring (bicyclic) bond motifs is 1. The smallest absolute Gasteiger partial charge is 0.257 e. The second-order valence-electron chi connectivity index (χ2n) is 7.35. The van der Waals surface area contributed by atoms with Gasteiger partial charge in [0.25, 0.3) is 5.91 Å². The summed E-state index contributed by atoms with van der Waals surface area (Å²) in [6, 6.07) is 11.6. The number of likely N-dealkylation sites (tertiary alicyclic amines) is 1. The molecule has 1 unspecified atom stereocenters. The van der Waals surface area contributed by atoms with Crippen molar-refractivity contribution < 1.29 is 4.79 Å². The molecule has 0 aliphatic carbocycles. The normalized spacial score (nSPS) is 16.4. The molecule has 1 N–H and O–H groups in total. The molecule has 1 saturated heterocycles. The van der Waals surface area contributed by atoms with E-state index < -0.39 is 0 Å². The van der Waals surface area contributed by atoms with Gasteiger partial charge in [-0.05, 0) is 69.5 Å². The van der Waals surface area contributed by atoms with Gasteiger partial charge in [-0.15, -0.1) is 12.4 Å². The van der Waals surface area contributed by atoms with Crippen LogP contribution >= 0.6 is 24.0 Å². The third kappa shape index (κ3) is 4.46. The van der Waals surface area contributed by atoms with Gasteiger partial charge in [-0.1, -0.05) is 11.6 Å². The van der Waals surface area contributed by atoms with Crippen LogP contribution in [0.25, 0.3) is 11.0 Å². The molecule has 1 aromatic carbocycles. The Bertz CT molecular complexity index is 1020. The van der Waals surface area contributed by atoms with E-state index in [0.717, 1.165) is 41.8 Å². The molecule has 29 heavy (non-hydrogen) atoms. The molecule has 3 aromatic rings. The highest BCUT2D eigenvalue weighted by molar-refractivity contribution is 6.30. The van der Waals surface area contributed by atoms with Gasteiger partial charge in [0.2, 0.25) is 0 Å². The Balaban J connectivity index is 0.00000240. The lowest BCUT2D eigenvalue weighted by Gasteiger charge is -2.34. The van der Waals surface area contributed by atoms with Crippen LogP contribution in [0.15, 0.2) is 42.6 Å². The summed E-state index contributed by atoms with van der Waals surface area (Å²) in [5, 5.41) is 4.91. The second kappa shape index (κ2) is 8.97. The number of carbonyl (C=O) groups excluding carboxylic acids is 1. The molecule has 3 heterocycles. The Morgan fingerprint density at radius 1 is 1.17 bits per heavy atom. The Morgan fingerprint density at radius 2 is 1.93 bits per heavy atom. The van der Waals surface area contributed by atoms with E-state index in [-0.39, 0.29) is 24.4 Å². The van der Waals surface area contributed by atoms with Crippen LogP contribution in [-0.2, 0) is 0 Å². The zero-order valence-electron chi connectivity index (χ0n) is 16.5. The standard InChI is InChI=1S/C22H23ClN4O.ClH/c1-14-6-11-18-20(26-17-9-7-16(23)8-10-17)19(13-24-21(18)25-14)22(28)27-12-4-3-5-15(27)2;/h6-11,13,15H,3-5,12H2,1-2H3,(H,24,25,26);1H. The van der Waals surface area contributed by atoms with Gasteiger partial charge >= 0.3 is 0 Å². The monoisotopic (exact) mass is 430 g/mol. The number of rotatable bonds is 3. The van der Waals surface area contributed by atoms with E-state index in [9.17, 15) is 4.79 Å². The largest absolute Gasteiger partial charge is 0.354 e. The number of aromatic nitrogens is 2. The Morgan fingerprint density at radius 3 is 2.66 bits per heavy atom. The fraction of sp³-hybridized carbons (Fsp3) is 0.318. The fourth-order valence-corrected chi connectivity index (χ4v) is 3.83. The van der Waals surface area contributed by atoms with E-state index in [4.69, 9.17) is 11.6 Å². The first kappa shape index (κ1) is 21.3. The number of pyridine rings is 2. The van der Waals surface area contributed by atoms with Crippen LogP contribution in [-0.4, -0.2) is 33.4 Å². The van der Waals surface area contributed by atoms with Crippen molar-refractivity contribution in [2.45, 2.75) is 39.2 Å². The third-order valence-electron chi connectivity index (χ3n) is 5.28. The molecule has 1 aliphatic rings. The van der Waals surface area contributed by atoms with Crippen molar-refractivity contribution in [2.24, 2.45) is 0 Å². The van der Waals surface area contributed by atoms with Crippen molar-refractivity contribution in [2.75, 3.05) is 11.9 Å². The van der Waals surface area contributed by atoms with Crippen LogP contribution < -0.4 is 5.32 Å². The summed E-state index contributed by atoms with van der Waals surface area (Å²) < 4.78 is 0. The van der Waals surface area contributed by atoms with Crippen LogP contribution in [0.2, 0.25) is 5.02 Å². The number of nitrogens with zero attached hydrogens (tertiary/aromatic N) is 3. The van der Waals surface area contributed by atoms with E-state index in [1.807, 2.05) is 48.2 Å². The number of piperidine rings is 1. The molecule has 1 atom stereocenters. The lowest BCUT2D eigenvalue weighted by molar-refractivity contribution is 0.0636. The van der Waals surface area contributed by atoms with Gasteiger partial charge < -0.3 is 10.2 Å². The summed E-state index contributed by atoms with van der Waals surface area (Å²) in [5.74, 6) is 0.0126. The molecular formula is C22H24Cl2N4O. The van der Waals surface area contributed by atoms with E-state index in [2.05, 4.69) is 22.2 Å². The van der Waals surface area contributed by atoms with Crippen LogP contribution in [0.5, 0.6) is 0 Å². The topological polar surface area (TPSA) is 58.1 Å². The quantitative estimate of drug-likeness (QED) is 0.572. The number of nitrogens with one attached hydrogen (secondary N) is 1. The zero-order chi connectivity index (χ0) is 19.7. The molecule has 1 fully saturated rings. The summed E-state index contributed by atoms with van der Waals surface area (Å²) in [6.07, 6.45) is 4.89. The summed E-state index contributed by atoms with van der Waals surface area (Å²) in [4.78, 5) is 24.4. The number of aryl methyl sites for hydroxylation is 1. The van der Waals surface area contributed by atoms with Gasteiger partial charge in [-0.3, -0.25) is 4.79 Å². The molecule has 7 heteroatoms. The zero-order valence-corrected chi connectivity index (χ0v) is 18.1. The molecule has 5 nitrogen and oxygen atoms in total. The van der Waals surface area contributed by atoms with E-state index in [1.54, 1.807) is 6.20 Å². The molecule has 152 valence electrons. The van der Waals surface area contributed by atoms with Gasteiger partial charge in [0.15, 0.2) is 5.65 Å². The van der Waals surface area contributed by atoms with Crippen LogP contribution in [0.1, 0.15) is 42.2 Å². The van der Waals surface area contributed by atoms with Gasteiger partial charge in [0.1, 0.15) is 0 Å². The number of hydrogen-bond acceptors (Lipinski definition) is 4. The maximum atomic E-state index is 13.4. The average molecular weight is 431 g/mol. The molecule has 0 spiro atoms. The fourth-order valence-electron chi connectivity index (χ4n) is 3.70. The number of anilines is 2. The number of halogens is 2. The molecule has 0 bridgehead atoms. The second-order valence-corrected chi connectivity index (χ2v) is 7.78. The van der Waals surface area contributed by atoms with E-state index >= 15 is 0 Å². The van der Waals surface area contributed by atoms with Crippen LogP contribution in [0.3, 0.4) is 0 Å². The maximum Gasteiger partial charge on any atom is 0.257 e. The van der Waals surface area contributed by atoms with Gasteiger partial charge in [-0.25, -0.2) is 9.97 Å². The highest BCUT2D eigenvalue weighted by atomic mass is 35.5. The first-order valence-electron chi connectivity index (χ1n) is 9.63. The number of benzene rings is 1. The van der Waals surface area contributed by atoms with Crippen molar-refractivity contribution in [1.29, 1.82) is 0 Å². The van der Waals surface area contributed by atoms with E-state index in [1.165, 1.54) is 6.42 Å². The van der Waals surface area contributed by atoms with Crippen molar-refractivity contribution in [1.82, 2.24) is 14.9 Å². The van der Waals surface area contributed by atoms with Gasteiger partial charge in [0.05, 0.1) is 11.3 Å². The summed E-state index contributed by atoms with van der Waals surface area (Å²) in [6.45, 7) is 4.83. The molecule has 2 aromatic heterocycles. The van der Waals surface area contributed by atoms with Crippen molar-refractivity contribution in [3.63, 3.8) is 0 Å². The molecular weight excluding hydrogens is 407 g/mol. The summed E-state index contributed by atoms with van der Waals surface area (Å²) in [7, 11) is 0. The van der Waals surface area contributed by atoms with E-state index in [0.29, 0.717) is 16.2 Å². The number of amides is 1. The summed E-state index contributed by atoms with van der Waals surface area (Å²) >= 11 is 6.02. The van der Waals surface area contributed by atoms with Crippen molar-refractivity contribution in [3.8, 4) is 0 Å². The Kier molecular flexibility index (Phi) is 6.60. The highest BCUT2D eigenvalue weighted by Crippen LogP contribution is 2.31. The van der Waals surface area contributed by atoms with Crippen molar-refractivity contribution >= 4 is 52.3 Å².